The summed E-state index contributed by atoms with van der Waals surface area (Å²) in [5, 5.41) is 34.3. The summed E-state index contributed by atoms with van der Waals surface area (Å²) in [7, 11) is 0. The smallest absolute Gasteiger partial charge is 0.302 e. The van der Waals surface area contributed by atoms with E-state index < -0.39 is 29.3 Å². The first kappa shape index (κ1) is 29.0. The highest BCUT2D eigenvalue weighted by Crippen LogP contribution is 2.68. The zero-order valence-corrected chi connectivity index (χ0v) is 24.2. The SMILES string of the molecule is CC[C@@H](C(C)C)[C@@H](O)[C@H](O)[C@@H](C)[C@H]1CC[C@H]2[C@@H]3CC(=O)[C@@]4(O)C[C@@H](OC(C)=O)CC[C@]4(C)[C@H]3CC[C@]12C. The van der Waals surface area contributed by atoms with Crippen molar-refractivity contribution in [2.24, 2.45) is 52.3 Å². The van der Waals surface area contributed by atoms with E-state index >= 15 is 0 Å². The molecular weight excluding hydrogens is 468 g/mol. The van der Waals surface area contributed by atoms with Gasteiger partial charge in [-0.1, -0.05) is 48.0 Å². The summed E-state index contributed by atoms with van der Waals surface area (Å²) in [5.74, 6) is 1.13. The highest BCUT2D eigenvalue weighted by Gasteiger charge is 2.68. The quantitative estimate of drug-likeness (QED) is 0.412. The Morgan fingerprint density at radius 2 is 1.70 bits per heavy atom. The number of aliphatic hydroxyl groups excluding tert-OH is 2. The minimum atomic E-state index is -1.43. The third kappa shape index (κ3) is 4.51. The number of carbonyl (C=O) groups excluding carboxylic acids is 2. The second kappa shape index (κ2) is 10.2. The van der Waals surface area contributed by atoms with Gasteiger partial charge in [0.15, 0.2) is 5.78 Å². The van der Waals surface area contributed by atoms with Crippen LogP contribution in [0.3, 0.4) is 0 Å². The number of esters is 1. The van der Waals surface area contributed by atoms with Crippen LogP contribution in [-0.2, 0) is 14.3 Å². The van der Waals surface area contributed by atoms with Crippen LogP contribution in [0.2, 0.25) is 0 Å². The normalized spacial score (nSPS) is 44.8. The fourth-order valence-corrected chi connectivity index (χ4v) is 10.2. The van der Waals surface area contributed by atoms with Crippen LogP contribution in [0, 0.1) is 52.3 Å². The van der Waals surface area contributed by atoms with E-state index in [1.54, 1.807) is 0 Å². The zero-order valence-electron chi connectivity index (χ0n) is 24.2. The van der Waals surface area contributed by atoms with E-state index in [-0.39, 0.29) is 47.3 Å². The van der Waals surface area contributed by atoms with Gasteiger partial charge < -0.3 is 20.1 Å². The largest absolute Gasteiger partial charge is 0.462 e. The Morgan fingerprint density at radius 3 is 2.30 bits per heavy atom. The highest BCUT2D eigenvalue weighted by atomic mass is 16.5. The summed E-state index contributed by atoms with van der Waals surface area (Å²) in [6.45, 7) is 14.3. The molecule has 212 valence electrons. The number of hydrogen-bond acceptors (Lipinski definition) is 6. The average molecular weight is 521 g/mol. The maximum atomic E-state index is 13.7. The third-order valence-electron chi connectivity index (χ3n) is 12.3. The molecule has 0 bridgehead atoms. The fraction of sp³-hybridized carbons (Fsp3) is 0.935. The van der Waals surface area contributed by atoms with Crippen molar-refractivity contribution in [3.63, 3.8) is 0 Å². The second-order valence-electron chi connectivity index (χ2n) is 14.1. The molecule has 0 saturated heterocycles. The molecule has 0 aromatic carbocycles. The van der Waals surface area contributed by atoms with Gasteiger partial charge in [0.25, 0.3) is 0 Å². The monoisotopic (exact) mass is 520 g/mol. The molecule has 12 atom stereocenters. The van der Waals surface area contributed by atoms with Gasteiger partial charge in [-0.15, -0.1) is 0 Å². The summed E-state index contributed by atoms with van der Waals surface area (Å²) in [4.78, 5) is 25.2. The van der Waals surface area contributed by atoms with Gasteiger partial charge in [-0.05, 0) is 85.4 Å². The zero-order chi connectivity index (χ0) is 27.5. The van der Waals surface area contributed by atoms with Crippen molar-refractivity contribution < 1.29 is 29.6 Å². The summed E-state index contributed by atoms with van der Waals surface area (Å²) in [6.07, 6.45) is 4.99. The van der Waals surface area contributed by atoms with E-state index in [2.05, 4.69) is 41.5 Å². The van der Waals surface area contributed by atoms with Crippen LogP contribution >= 0.6 is 0 Å². The van der Waals surface area contributed by atoms with Crippen LogP contribution in [0.5, 0.6) is 0 Å². The third-order valence-corrected chi connectivity index (χ3v) is 12.3. The number of fused-ring (bicyclic) bond motifs is 5. The molecule has 0 aromatic heterocycles. The van der Waals surface area contributed by atoms with Crippen molar-refractivity contribution in [3.05, 3.63) is 0 Å². The lowest BCUT2D eigenvalue weighted by molar-refractivity contribution is -0.217. The second-order valence-corrected chi connectivity index (χ2v) is 14.1. The number of ether oxygens (including phenoxy) is 1. The van der Waals surface area contributed by atoms with Crippen molar-refractivity contribution in [3.8, 4) is 0 Å². The molecule has 4 aliphatic rings. The number of ketones is 1. The average Bonchev–Trinajstić information content (AvgIpc) is 3.17. The predicted octanol–water partition coefficient (Wildman–Crippen LogP) is 4.91. The maximum absolute atomic E-state index is 13.7. The molecule has 6 heteroatoms. The number of hydrogen-bond donors (Lipinski definition) is 3. The van der Waals surface area contributed by atoms with Gasteiger partial charge in [0.05, 0.1) is 12.2 Å². The predicted molar refractivity (Wildman–Crippen MR) is 142 cm³/mol. The van der Waals surface area contributed by atoms with Crippen molar-refractivity contribution in [1.82, 2.24) is 0 Å². The summed E-state index contributed by atoms with van der Waals surface area (Å²) in [6, 6.07) is 0. The number of rotatable bonds is 7. The first-order chi connectivity index (χ1) is 17.2. The van der Waals surface area contributed by atoms with E-state index in [0.29, 0.717) is 37.0 Å². The van der Waals surface area contributed by atoms with E-state index in [0.717, 1.165) is 32.1 Å². The van der Waals surface area contributed by atoms with Gasteiger partial charge in [-0.25, -0.2) is 0 Å². The molecule has 4 saturated carbocycles. The standard InChI is InChI=1S/C31H52O6/c1-8-21(17(2)3)28(35)27(34)18(4)23-9-10-24-22-15-26(33)31(36)16-20(37-19(5)32)11-14-30(31,7)25(22)12-13-29(23,24)6/h17-18,20-25,27-28,34-36H,8-16H2,1-7H3/t18-,20-,21-,22-,23+,24-,25-,27+,28+,29+,30+,31-/m0/s1. The van der Waals surface area contributed by atoms with Crippen LogP contribution in [0.25, 0.3) is 0 Å². The molecule has 6 nitrogen and oxygen atoms in total. The minimum Gasteiger partial charge on any atom is -0.462 e. The molecule has 37 heavy (non-hydrogen) atoms. The van der Waals surface area contributed by atoms with Crippen LogP contribution < -0.4 is 0 Å². The molecule has 4 fully saturated rings. The Labute approximate surface area is 223 Å². The van der Waals surface area contributed by atoms with Gasteiger partial charge in [-0.3, -0.25) is 9.59 Å². The maximum Gasteiger partial charge on any atom is 0.302 e. The fourth-order valence-electron chi connectivity index (χ4n) is 10.2. The Bertz CT molecular complexity index is 872. The Balaban J connectivity index is 1.55. The molecule has 0 unspecified atom stereocenters. The van der Waals surface area contributed by atoms with Gasteiger partial charge in [0.1, 0.15) is 11.7 Å². The van der Waals surface area contributed by atoms with E-state index in [4.69, 9.17) is 4.74 Å². The lowest BCUT2D eigenvalue weighted by Gasteiger charge is -2.63. The molecule has 4 rings (SSSR count). The molecule has 0 spiro atoms. The molecule has 3 N–H and O–H groups in total. The minimum absolute atomic E-state index is 0.0136. The molecular formula is C31H52O6. The Morgan fingerprint density at radius 1 is 1.03 bits per heavy atom. The van der Waals surface area contributed by atoms with Crippen molar-refractivity contribution in [2.45, 2.75) is 130 Å². The van der Waals surface area contributed by atoms with Crippen molar-refractivity contribution >= 4 is 11.8 Å². The van der Waals surface area contributed by atoms with Crippen molar-refractivity contribution in [2.75, 3.05) is 0 Å². The summed E-state index contributed by atoms with van der Waals surface area (Å²) >= 11 is 0. The molecule has 0 aromatic rings. The van der Waals surface area contributed by atoms with Crippen LogP contribution in [-0.4, -0.2) is 51.0 Å². The van der Waals surface area contributed by atoms with Gasteiger partial charge in [-0.2, -0.15) is 0 Å². The molecule has 0 aliphatic heterocycles. The highest BCUT2D eigenvalue weighted by molar-refractivity contribution is 5.89. The molecule has 4 aliphatic carbocycles. The van der Waals surface area contributed by atoms with Gasteiger partial charge in [0.2, 0.25) is 0 Å². The first-order valence-corrected chi connectivity index (χ1v) is 15.0. The Hall–Kier alpha value is -0.980. The number of carbonyl (C=O) groups is 2. The van der Waals surface area contributed by atoms with E-state index in [9.17, 15) is 24.9 Å². The van der Waals surface area contributed by atoms with Crippen LogP contribution in [0.1, 0.15) is 106 Å². The summed E-state index contributed by atoms with van der Waals surface area (Å²) < 4.78 is 5.45. The van der Waals surface area contributed by atoms with Gasteiger partial charge in [0, 0.05) is 25.2 Å². The van der Waals surface area contributed by atoms with Gasteiger partial charge >= 0.3 is 5.97 Å². The van der Waals surface area contributed by atoms with E-state index in [1.807, 2.05) is 0 Å². The molecule has 0 radical (unpaired) electrons. The lowest BCUT2D eigenvalue weighted by Crippen LogP contribution is -2.67. The first-order valence-electron chi connectivity index (χ1n) is 15.0. The topological polar surface area (TPSA) is 104 Å². The lowest BCUT2D eigenvalue weighted by atomic mass is 9.42. The number of Topliss-reactive ketones (excluding diaryl/α,β-unsaturated/α-hetero) is 1. The van der Waals surface area contributed by atoms with E-state index in [1.165, 1.54) is 6.92 Å². The summed E-state index contributed by atoms with van der Waals surface area (Å²) in [5.41, 5.74) is -1.92. The van der Waals surface area contributed by atoms with Crippen LogP contribution in [0.4, 0.5) is 0 Å². The van der Waals surface area contributed by atoms with Crippen molar-refractivity contribution in [1.29, 1.82) is 0 Å². The molecule has 0 heterocycles. The van der Waals surface area contributed by atoms with Crippen LogP contribution in [0.15, 0.2) is 0 Å². The Kier molecular flexibility index (Phi) is 8.00. The molecule has 0 amide bonds. The number of aliphatic hydroxyl groups is 3.